The molecule has 1 amide bonds. The standard InChI is InChI=1S/C17H22N4OS.2ClH/c1-3-21-9-8-13-14(10-21)23-17(19-13)20-16(22)15(18)12-6-4-11(2)5-7-12;;/h4-7,15H,3,8-10,18H2,1-2H3,(H,19,20,22);2*1H. The van der Waals surface area contributed by atoms with Crippen LogP contribution in [0.15, 0.2) is 24.3 Å². The summed E-state index contributed by atoms with van der Waals surface area (Å²) in [5, 5.41) is 3.52. The van der Waals surface area contributed by atoms with Crippen LogP contribution in [0.2, 0.25) is 0 Å². The number of fused-ring (bicyclic) bond motifs is 1. The third-order valence-electron chi connectivity index (χ3n) is 4.21. The predicted octanol–water partition coefficient (Wildman–Crippen LogP) is 3.31. The number of thiazole rings is 1. The van der Waals surface area contributed by atoms with E-state index in [0.29, 0.717) is 5.13 Å². The van der Waals surface area contributed by atoms with Crippen molar-refractivity contribution in [3.8, 4) is 0 Å². The van der Waals surface area contributed by atoms with Gasteiger partial charge in [-0.15, -0.1) is 36.2 Å². The molecule has 1 aromatic heterocycles. The number of carbonyl (C=O) groups is 1. The van der Waals surface area contributed by atoms with Gasteiger partial charge in [0, 0.05) is 24.4 Å². The van der Waals surface area contributed by atoms with Crippen LogP contribution in [-0.4, -0.2) is 28.9 Å². The minimum absolute atomic E-state index is 0. The van der Waals surface area contributed by atoms with Gasteiger partial charge in [0.1, 0.15) is 6.04 Å². The maximum Gasteiger partial charge on any atom is 0.247 e. The SMILES string of the molecule is CCN1CCc2nc(NC(=O)C(N)c3ccc(C)cc3)sc2C1.Cl.Cl. The minimum Gasteiger partial charge on any atom is -0.316 e. The van der Waals surface area contributed by atoms with Gasteiger partial charge in [0.2, 0.25) is 5.91 Å². The molecule has 1 unspecified atom stereocenters. The van der Waals surface area contributed by atoms with E-state index in [9.17, 15) is 4.79 Å². The molecule has 0 bridgehead atoms. The van der Waals surface area contributed by atoms with Crippen LogP contribution < -0.4 is 11.1 Å². The number of carbonyl (C=O) groups excluding carboxylic acids is 1. The normalized spacial score (nSPS) is 14.7. The Bertz CT molecular complexity index is 705. The van der Waals surface area contributed by atoms with Crippen LogP contribution in [0.3, 0.4) is 0 Å². The third-order valence-corrected chi connectivity index (χ3v) is 5.20. The molecule has 0 radical (unpaired) electrons. The number of halogens is 2. The number of nitrogens with two attached hydrogens (primary N) is 1. The highest BCUT2D eigenvalue weighted by Crippen LogP contribution is 2.28. The molecule has 1 aliphatic heterocycles. The van der Waals surface area contributed by atoms with E-state index in [0.717, 1.165) is 42.9 Å². The van der Waals surface area contributed by atoms with E-state index in [2.05, 4.69) is 22.1 Å². The number of nitrogens with zero attached hydrogens (tertiary/aromatic N) is 2. The summed E-state index contributed by atoms with van der Waals surface area (Å²) in [4.78, 5) is 20.5. The lowest BCUT2D eigenvalue weighted by atomic mass is 10.1. The molecule has 138 valence electrons. The summed E-state index contributed by atoms with van der Waals surface area (Å²) in [7, 11) is 0. The average Bonchev–Trinajstić information content (AvgIpc) is 2.95. The van der Waals surface area contributed by atoms with Gasteiger partial charge >= 0.3 is 0 Å². The van der Waals surface area contributed by atoms with Crippen molar-refractivity contribution in [2.45, 2.75) is 32.9 Å². The van der Waals surface area contributed by atoms with Gasteiger partial charge in [0.25, 0.3) is 0 Å². The van der Waals surface area contributed by atoms with Crippen LogP contribution in [0.1, 0.15) is 34.7 Å². The first kappa shape index (κ1) is 21.9. The lowest BCUT2D eigenvalue weighted by molar-refractivity contribution is -0.117. The number of hydrogen-bond acceptors (Lipinski definition) is 5. The molecule has 25 heavy (non-hydrogen) atoms. The molecule has 5 nitrogen and oxygen atoms in total. The predicted molar refractivity (Wildman–Crippen MR) is 108 cm³/mol. The highest BCUT2D eigenvalue weighted by Gasteiger charge is 2.22. The van der Waals surface area contributed by atoms with Crippen LogP contribution in [0, 0.1) is 6.92 Å². The molecule has 3 rings (SSSR count). The zero-order valence-electron chi connectivity index (χ0n) is 14.3. The molecule has 0 aliphatic carbocycles. The Kier molecular flexibility index (Phi) is 8.31. The minimum atomic E-state index is -0.677. The van der Waals surface area contributed by atoms with Crippen molar-refractivity contribution < 1.29 is 4.79 Å². The van der Waals surface area contributed by atoms with E-state index >= 15 is 0 Å². The zero-order valence-corrected chi connectivity index (χ0v) is 16.8. The zero-order chi connectivity index (χ0) is 16.4. The second-order valence-electron chi connectivity index (χ2n) is 5.89. The van der Waals surface area contributed by atoms with Gasteiger partial charge in [-0.1, -0.05) is 36.8 Å². The van der Waals surface area contributed by atoms with Crippen molar-refractivity contribution >= 4 is 47.2 Å². The summed E-state index contributed by atoms with van der Waals surface area (Å²) in [5.41, 5.74) is 9.13. The molecule has 0 fully saturated rings. The number of likely N-dealkylation sites (N-methyl/N-ethyl adjacent to an activating group) is 1. The van der Waals surface area contributed by atoms with E-state index in [-0.39, 0.29) is 30.7 Å². The molecular weight excluding hydrogens is 379 g/mol. The number of hydrogen-bond donors (Lipinski definition) is 2. The van der Waals surface area contributed by atoms with Crippen LogP contribution in [0.5, 0.6) is 0 Å². The van der Waals surface area contributed by atoms with Crippen LogP contribution in [0.25, 0.3) is 0 Å². The smallest absolute Gasteiger partial charge is 0.247 e. The lowest BCUT2D eigenvalue weighted by Crippen LogP contribution is -2.29. The molecule has 1 aliphatic rings. The van der Waals surface area contributed by atoms with Gasteiger partial charge in [0.15, 0.2) is 5.13 Å². The van der Waals surface area contributed by atoms with Crippen LogP contribution in [-0.2, 0) is 17.8 Å². The van der Waals surface area contributed by atoms with Crippen LogP contribution in [0.4, 0.5) is 5.13 Å². The first-order valence-corrected chi connectivity index (χ1v) is 8.72. The summed E-state index contributed by atoms with van der Waals surface area (Å²) in [6.45, 7) is 7.16. The topological polar surface area (TPSA) is 71.2 Å². The molecule has 2 heterocycles. The largest absolute Gasteiger partial charge is 0.316 e. The third kappa shape index (κ3) is 5.15. The van der Waals surface area contributed by atoms with E-state index in [1.165, 1.54) is 4.88 Å². The Labute approximate surface area is 164 Å². The first-order valence-electron chi connectivity index (χ1n) is 7.90. The Balaban J connectivity index is 0.00000156. The van der Waals surface area contributed by atoms with Gasteiger partial charge in [-0.3, -0.25) is 9.69 Å². The van der Waals surface area contributed by atoms with Gasteiger partial charge in [-0.2, -0.15) is 0 Å². The summed E-state index contributed by atoms with van der Waals surface area (Å²) in [6, 6.07) is 7.04. The highest BCUT2D eigenvalue weighted by molar-refractivity contribution is 7.15. The molecule has 8 heteroatoms. The highest BCUT2D eigenvalue weighted by atomic mass is 35.5. The van der Waals surface area contributed by atoms with E-state index < -0.39 is 6.04 Å². The maximum absolute atomic E-state index is 12.4. The summed E-state index contributed by atoms with van der Waals surface area (Å²) >= 11 is 1.56. The molecule has 2 aromatic rings. The van der Waals surface area contributed by atoms with Crippen molar-refractivity contribution in [1.82, 2.24) is 9.88 Å². The first-order chi connectivity index (χ1) is 11.1. The van der Waals surface area contributed by atoms with Gasteiger partial charge in [-0.05, 0) is 19.0 Å². The molecular formula is C17H24Cl2N4OS. The summed E-state index contributed by atoms with van der Waals surface area (Å²) < 4.78 is 0. The van der Waals surface area contributed by atoms with E-state index in [4.69, 9.17) is 5.73 Å². The average molecular weight is 403 g/mol. The number of aryl methyl sites for hydroxylation is 1. The molecule has 0 saturated carbocycles. The molecule has 3 N–H and O–H groups in total. The van der Waals surface area contributed by atoms with E-state index in [1.54, 1.807) is 11.3 Å². The Morgan fingerprint density at radius 3 is 2.68 bits per heavy atom. The van der Waals surface area contributed by atoms with Crippen molar-refractivity contribution in [2.75, 3.05) is 18.4 Å². The fourth-order valence-corrected chi connectivity index (χ4v) is 3.73. The Hall–Kier alpha value is -1.18. The van der Waals surface area contributed by atoms with Crippen molar-refractivity contribution in [1.29, 1.82) is 0 Å². The monoisotopic (exact) mass is 402 g/mol. The Morgan fingerprint density at radius 1 is 1.36 bits per heavy atom. The summed E-state index contributed by atoms with van der Waals surface area (Å²) in [5.74, 6) is -0.215. The lowest BCUT2D eigenvalue weighted by Gasteiger charge is -2.23. The van der Waals surface area contributed by atoms with Gasteiger partial charge in [0.05, 0.1) is 5.69 Å². The molecule has 1 atom stereocenters. The number of rotatable bonds is 4. The van der Waals surface area contributed by atoms with Crippen molar-refractivity contribution in [3.05, 3.63) is 46.0 Å². The number of anilines is 1. The molecule has 0 saturated heterocycles. The van der Waals surface area contributed by atoms with Crippen LogP contribution >= 0.6 is 36.2 Å². The maximum atomic E-state index is 12.4. The summed E-state index contributed by atoms with van der Waals surface area (Å²) in [6.07, 6.45) is 0.944. The second-order valence-corrected chi connectivity index (χ2v) is 6.97. The molecule has 1 aromatic carbocycles. The van der Waals surface area contributed by atoms with Gasteiger partial charge in [-0.25, -0.2) is 4.98 Å². The fraction of sp³-hybridized carbons (Fsp3) is 0.412. The second kappa shape index (κ2) is 9.50. The van der Waals surface area contributed by atoms with E-state index in [1.807, 2.05) is 31.2 Å². The van der Waals surface area contributed by atoms with Gasteiger partial charge < -0.3 is 11.1 Å². The Morgan fingerprint density at radius 2 is 2.04 bits per heavy atom. The van der Waals surface area contributed by atoms with Crippen molar-refractivity contribution in [3.63, 3.8) is 0 Å². The number of benzene rings is 1. The fourth-order valence-electron chi connectivity index (χ4n) is 2.68. The van der Waals surface area contributed by atoms with Crippen molar-refractivity contribution in [2.24, 2.45) is 5.73 Å². The number of nitrogens with one attached hydrogen (secondary N) is 1. The quantitative estimate of drug-likeness (QED) is 0.822. The number of amides is 1. The molecule has 0 spiro atoms. The number of aromatic nitrogens is 1.